The van der Waals surface area contributed by atoms with Gasteiger partial charge < -0.3 is 20.5 Å². The number of nitrogens with one attached hydrogen (secondary N) is 1. The van der Waals surface area contributed by atoms with Crippen molar-refractivity contribution in [1.82, 2.24) is 4.98 Å². The van der Waals surface area contributed by atoms with E-state index in [0.29, 0.717) is 0 Å². The molecule has 0 fully saturated rings. The van der Waals surface area contributed by atoms with Gasteiger partial charge in [0, 0.05) is 18.0 Å². The molecule has 1 aliphatic heterocycles. The summed E-state index contributed by atoms with van der Waals surface area (Å²) >= 11 is 0. The molecule has 0 unspecified atom stereocenters. The highest BCUT2D eigenvalue weighted by molar-refractivity contribution is 6.07. The number of ether oxygens (including phenoxy) is 2. The number of carbonyl (C=O) groups is 1. The second-order valence-corrected chi connectivity index (χ2v) is 4.25. The van der Waals surface area contributed by atoms with Crippen molar-refractivity contribution in [3.05, 3.63) is 42.2 Å². The molecule has 21 heavy (non-hydrogen) atoms. The van der Waals surface area contributed by atoms with Crippen molar-refractivity contribution in [1.29, 1.82) is 0 Å². The van der Waals surface area contributed by atoms with Gasteiger partial charge in [0.05, 0.1) is 17.4 Å². The highest BCUT2D eigenvalue weighted by Gasteiger charge is 2.43. The number of fused-ring (bicyclic) bond motifs is 1. The smallest absolute Gasteiger partial charge is 0.397 e. The molecular formula is C13H9F2N3O3. The van der Waals surface area contributed by atoms with E-state index in [-0.39, 0.29) is 28.4 Å². The van der Waals surface area contributed by atoms with Gasteiger partial charge in [0.25, 0.3) is 5.91 Å². The molecule has 108 valence electrons. The number of pyridine rings is 1. The SMILES string of the molecule is Nc1cnccc1C(=O)Nc1ccc2c(c1)OC(F)(F)O2. The predicted octanol–water partition coefficient (Wildman–Crippen LogP) is 2.24. The van der Waals surface area contributed by atoms with Crippen LogP contribution in [0.15, 0.2) is 36.7 Å². The second-order valence-electron chi connectivity index (χ2n) is 4.25. The molecule has 6 nitrogen and oxygen atoms in total. The van der Waals surface area contributed by atoms with Crippen molar-refractivity contribution in [2.45, 2.75) is 6.29 Å². The third kappa shape index (κ3) is 2.55. The van der Waals surface area contributed by atoms with E-state index in [9.17, 15) is 13.6 Å². The Balaban J connectivity index is 1.81. The molecule has 2 heterocycles. The fraction of sp³-hybridized carbons (Fsp3) is 0.0769. The zero-order chi connectivity index (χ0) is 15.0. The monoisotopic (exact) mass is 293 g/mol. The van der Waals surface area contributed by atoms with Crippen molar-refractivity contribution in [3.63, 3.8) is 0 Å². The lowest BCUT2D eigenvalue weighted by molar-refractivity contribution is -0.286. The van der Waals surface area contributed by atoms with Crippen LogP contribution in [0.25, 0.3) is 0 Å². The number of anilines is 2. The number of benzene rings is 1. The van der Waals surface area contributed by atoms with Gasteiger partial charge in [-0.05, 0) is 18.2 Å². The standard InChI is InChI=1S/C13H9F2N3O3/c14-13(15)20-10-2-1-7(5-11(10)21-13)18-12(19)8-3-4-17-6-9(8)16/h1-6H,16H2,(H,18,19). The first kappa shape index (κ1) is 13.1. The summed E-state index contributed by atoms with van der Waals surface area (Å²) in [5, 5.41) is 2.53. The minimum absolute atomic E-state index is 0.0959. The van der Waals surface area contributed by atoms with Crippen molar-refractivity contribution in [2.75, 3.05) is 11.1 Å². The van der Waals surface area contributed by atoms with E-state index in [4.69, 9.17) is 5.73 Å². The van der Waals surface area contributed by atoms with Crippen LogP contribution < -0.4 is 20.5 Å². The average Bonchev–Trinajstić information content (AvgIpc) is 2.72. The second kappa shape index (κ2) is 4.58. The topological polar surface area (TPSA) is 86.5 Å². The van der Waals surface area contributed by atoms with Gasteiger partial charge in [-0.25, -0.2) is 0 Å². The highest BCUT2D eigenvalue weighted by atomic mass is 19.3. The number of aromatic nitrogens is 1. The number of nitrogen functional groups attached to an aromatic ring is 1. The fourth-order valence-electron chi connectivity index (χ4n) is 1.84. The van der Waals surface area contributed by atoms with Crippen LogP contribution in [-0.4, -0.2) is 17.2 Å². The molecule has 0 aliphatic carbocycles. The maximum Gasteiger partial charge on any atom is 0.586 e. The maximum absolute atomic E-state index is 12.9. The Morgan fingerprint density at radius 3 is 2.76 bits per heavy atom. The molecule has 0 saturated carbocycles. The molecule has 1 aliphatic rings. The molecule has 1 amide bonds. The largest absolute Gasteiger partial charge is 0.586 e. The first-order valence-electron chi connectivity index (χ1n) is 5.85. The van der Waals surface area contributed by atoms with Crippen LogP contribution in [-0.2, 0) is 0 Å². The molecule has 0 spiro atoms. The Morgan fingerprint density at radius 2 is 2.00 bits per heavy atom. The Kier molecular flexibility index (Phi) is 2.86. The van der Waals surface area contributed by atoms with Crippen LogP contribution >= 0.6 is 0 Å². The van der Waals surface area contributed by atoms with Gasteiger partial charge in [-0.2, -0.15) is 0 Å². The van der Waals surface area contributed by atoms with E-state index in [2.05, 4.69) is 19.8 Å². The number of hydrogen-bond acceptors (Lipinski definition) is 5. The zero-order valence-corrected chi connectivity index (χ0v) is 10.5. The number of halogens is 2. The molecule has 2 aromatic rings. The van der Waals surface area contributed by atoms with Gasteiger partial charge in [-0.15, -0.1) is 8.78 Å². The van der Waals surface area contributed by atoms with Crippen LogP contribution in [0.5, 0.6) is 11.5 Å². The summed E-state index contributed by atoms with van der Waals surface area (Å²) in [5.74, 6) is -0.734. The molecule has 0 saturated heterocycles. The van der Waals surface area contributed by atoms with Crippen molar-refractivity contribution < 1.29 is 23.0 Å². The lowest BCUT2D eigenvalue weighted by Crippen LogP contribution is -2.25. The minimum atomic E-state index is -3.69. The molecule has 1 aromatic heterocycles. The molecule has 0 bridgehead atoms. The normalized spacial score (nSPS) is 14.8. The number of nitrogens with two attached hydrogens (primary N) is 1. The van der Waals surface area contributed by atoms with Gasteiger partial charge in [-0.3, -0.25) is 9.78 Å². The molecule has 0 radical (unpaired) electrons. The van der Waals surface area contributed by atoms with Gasteiger partial charge in [0.2, 0.25) is 0 Å². The fourth-order valence-corrected chi connectivity index (χ4v) is 1.84. The molecule has 3 rings (SSSR count). The molecule has 3 N–H and O–H groups in total. The molecule has 1 aromatic carbocycles. The molecular weight excluding hydrogens is 284 g/mol. The summed E-state index contributed by atoms with van der Waals surface area (Å²) in [6.45, 7) is 0. The lowest BCUT2D eigenvalue weighted by Gasteiger charge is -2.07. The Hall–Kier alpha value is -2.90. The Labute approximate surface area is 117 Å². The summed E-state index contributed by atoms with van der Waals surface area (Å²) in [5.41, 5.74) is 6.35. The van der Waals surface area contributed by atoms with Gasteiger partial charge in [0.15, 0.2) is 11.5 Å². The summed E-state index contributed by atoms with van der Waals surface area (Å²) < 4.78 is 34.4. The maximum atomic E-state index is 12.9. The quantitative estimate of drug-likeness (QED) is 0.886. The van der Waals surface area contributed by atoms with Gasteiger partial charge in [-0.1, -0.05) is 0 Å². The van der Waals surface area contributed by atoms with Crippen LogP contribution in [0, 0.1) is 0 Å². The summed E-state index contributed by atoms with van der Waals surface area (Å²) in [6.07, 6.45) is -0.929. The van der Waals surface area contributed by atoms with Crippen molar-refractivity contribution in [3.8, 4) is 11.5 Å². The first-order chi connectivity index (χ1) is 9.94. The number of nitrogens with zero attached hydrogens (tertiary/aromatic N) is 1. The first-order valence-corrected chi connectivity index (χ1v) is 5.85. The summed E-state index contributed by atoms with van der Waals surface area (Å²) in [4.78, 5) is 15.8. The van der Waals surface area contributed by atoms with Crippen molar-refractivity contribution in [2.24, 2.45) is 0 Å². The Bertz CT molecular complexity index is 722. The number of alkyl halides is 2. The number of carbonyl (C=O) groups excluding carboxylic acids is 1. The predicted molar refractivity (Wildman–Crippen MR) is 69.2 cm³/mol. The zero-order valence-electron chi connectivity index (χ0n) is 10.5. The summed E-state index contributed by atoms with van der Waals surface area (Å²) in [6, 6.07) is 5.39. The van der Waals surface area contributed by atoms with Crippen LogP contribution in [0.1, 0.15) is 10.4 Å². The van der Waals surface area contributed by atoms with Gasteiger partial charge >= 0.3 is 6.29 Å². The third-order valence-electron chi connectivity index (χ3n) is 2.76. The number of hydrogen-bond donors (Lipinski definition) is 2. The van der Waals surface area contributed by atoms with Crippen LogP contribution in [0.3, 0.4) is 0 Å². The molecule has 8 heteroatoms. The van der Waals surface area contributed by atoms with E-state index >= 15 is 0 Å². The highest BCUT2D eigenvalue weighted by Crippen LogP contribution is 2.42. The number of amides is 1. The van der Waals surface area contributed by atoms with E-state index < -0.39 is 12.2 Å². The van der Waals surface area contributed by atoms with Crippen LogP contribution in [0.4, 0.5) is 20.2 Å². The average molecular weight is 293 g/mol. The summed E-state index contributed by atoms with van der Waals surface area (Å²) in [7, 11) is 0. The van der Waals surface area contributed by atoms with E-state index in [1.807, 2.05) is 0 Å². The lowest BCUT2D eigenvalue weighted by atomic mass is 10.2. The molecule has 0 atom stereocenters. The van der Waals surface area contributed by atoms with Crippen LogP contribution in [0.2, 0.25) is 0 Å². The van der Waals surface area contributed by atoms with Crippen molar-refractivity contribution >= 4 is 17.3 Å². The number of rotatable bonds is 2. The van der Waals surface area contributed by atoms with Gasteiger partial charge in [0.1, 0.15) is 0 Å². The van der Waals surface area contributed by atoms with E-state index in [0.717, 1.165) is 0 Å². The minimum Gasteiger partial charge on any atom is -0.397 e. The van der Waals surface area contributed by atoms with E-state index in [1.54, 1.807) is 0 Å². The Morgan fingerprint density at radius 1 is 1.24 bits per heavy atom. The third-order valence-corrected chi connectivity index (χ3v) is 2.76. The van der Waals surface area contributed by atoms with E-state index in [1.165, 1.54) is 36.7 Å².